The molecule has 0 unspecified atom stereocenters. The topological polar surface area (TPSA) is 89.7 Å². The fraction of sp³-hybridized carbons (Fsp3) is 0.154. The molecule has 8 nitrogen and oxygen atoms in total. The van der Waals surface area contributed by atoms with E-state index in [-0.39, 0.29) is 11.9 Å². The van der Waals surface area contributed by atoms with Gasteiger partial charge in [0.25, 0.3) is 5.91 Å². The highest BCUT2D eigenvalue weighted by molar-refractivity contribution is 6.04. The van der Waals surface area contributed by atoms with Crippen molar-refractivity contribution in [2.45, 2.75) is 19.9 Å². The van der Waals surface area contributed by atoms with Gasteiger partial charge < -0.3 is 15.2 Å². The van der Waals surface area contributed by atoms with E-state index in [0.717, 1.165) is 39.1 Å². The SMILES string of the molecule is Cc1cncc(C(=O)Nc2cccc([C@H](C)Nc3cncc4c3ccn4-c3cnn(C)c3)c2)c1. The zero-order valence-corrected chi connectivity index (χ0v) is 19.2. The number of carbonyl (C=O) groups is 1. The molecule has 0 saturated heterocycles. The van der Waals surface area contributed by atoms with Gasteiger partial charge in [0.1, 0.15) is 0 Å². The Morgan fingerprint density at radius 1 is 1.03 bits per heavy atom. The van der Waals surface area contributed by atoms with Crippen molar-refractivity contribution in [3.8, 4) is 5.69 Å². The Morgan fingerprint density at radius 2 is 1.88 bits per heavy atom. The van der Waals surface area contributed by atoms with Crippen LogP contribution in [0.25, 0.3) is 16.6 Å². The summed E-state index contributed by atoms with van der Waals surface area (Å²) in [5, 5.41) is 11.9. The van der Waals surface area contributed by atoms with Crippen LogP contribution < -0.4 is 10.6 Å². The normalized spacial score (nSPS) is 12.0. The minimum Gasteiger partial charge on any atom is -0.377 e. The summed E-state index contributed by atoms with van der Waals surface area (Å²) in [7, 11) is 1.90. The van der Waals surface area contributed by atoms with Gasteiger partial charge >= 0.3 is 0 Å². The number of benzene rings is 1. The minimum atomic E-state index is -0.181. The molecular formula is C26H25N7O. The Hall–Kier alpha value is -4.46. The third kappa shape index (κ3) is 4.25. The first-order valence-electron chi connectivity index (χ1n) is 11.0. The molecule has 0 spiro atoms. The molecule has 1 aromatic carbocycles. The number of aryl methyl sites for hydroxylation is 2. The molecule has 8 heteroatoms. The van der Waals surface area contributed by atoms with Gasteiger partial charge in [0, 0.05) is 49.0 Å². The van der Waals surface area contributed by atoms with Gasteiger partial charge in [-0.15, -0.1) is 0 Å². The Morgan fingerprint density at radius 3 is 2.68 bits per heavy atom. The molecule has 0 aliphatic heterocycles. The molecule has 0 fully saturated rings. The maximum Gasteiger partial charge on any atom is 0.257 e. The van der Waals surface area contributed by atoms with E-state index >= 15 is 0 Å². The third-order valence-electron chi connectivity index (χ3n) is 5.74. The maximum atomic E-state index is 12.6. The van der Waals surface area contributed by atoms with Crippen LogP contribution in [-0.4, -0.2) is 30.2 Å². The van der Waals surface area contributed by atoms with Crippen LogP contribution in [0.4, 0.5) is 11.4 Å². The predicted octanol–water partition coefficient (Wildman–Crippen LogP) is 4.89. The summed E-state index contributed by atoms with van der Waals surface area (Å²) in [5.74, 6) is -0.181. The molecule has 170 valence electrons. The number of nitrogens with one attached hydrogen (secondary N) is 2. The van der Waals surface area contributed by atoms with Gasteiger partial charge in [-0.1, -0.05) is 12.1 Å². The first kappa shape index (κ1) is 21.4. The molecule has 4 heterocycles. The number of nitrogens with zero attached hydrogens (tertiary/aromatic N) is 5. The monoisotopic (exact) mass is 451 g/mol. The molecule has 0 aliphatic carbocycles. The van der Waals surface area contributed by atoms with Crippen molar-refractivity contribution in [2.24, 2.45) is 7.05 Å². The van der Waals surface area contributed by atoms with Crippen LogP contribution in [0.15, 0.2) is 79.8 Å². The van der Waals surface area contributed by atoms with Crippen LogP contribution in [0, 0.1) is 6.92 Å². The number of carbonyl (C=O) groups excluding carboxylic acids is 1. The third-order valence-corrected chi connectivity index (χ3v) is 5.74. The number of hydrogen-bond acceptors (Lipinski definition) is 5. The Balaban J connectivity index is 1.36. The van der Waals surface area contributed by atoms with Crippen molar-refractivity contribution in [1.82, 2.24) is 24.3 Å². The highest BCUT2D eigenvalue weighted by atomic mass is 16.1. The van der Waals surface area contributed by atoms with E-state index in [1.54, 1.807) is 17.1 Å². The largest absolute Gasteiger partial charge is 0.377 e. The minimum absolute atomic E-state index is 0.00775. The number of amides is 1. The zero-order valence-electron chi connectivity index (χ0n) is 19.2. The second kappa shape index (κ2) is 8.82. The lowest BCUT2D eigenvalue weighted by molar-refractivity contribution is 0.102. The maximum absolute atomic E-state index is 12.6. The van der Waals surface area contributed by atoms with Crippen LogP contribution in [0.2, 0.25) is 0 Å². The summed E-state index contributed by atoms with van der Waals surface area (Å²) >= 11 is 0. The summed E-state index contributed by atoms with van der Waals surface area (Å²) < 4.78 is 3.85. The van der Waals surface area contributed by atoms with E-state index in [1.807, 2.05) is 75.3 Å². The van der Waals surface area contributed by atoms with Gasteiger partial charge in [-0.05, 0) is 49.2 Å². The Labute approximate surface area is 197 Å². The van der Waals surface area contributed by atoms with Crippen molar-refractivity contribution in [1.29, 1.82) is 0 Å². The van der Waals surface area contributed by atoms with Gasteiger partial charge in [0.05, 0.1) is 41.0 Å². The second-order valence-electron chi connectivity index (χ2n) is 8.37. The molecule has 2 N–H and O–H groups in total. The molecule has 1 atom stereocenters. The van der Waals surface area contributed by atoms with E-state index in [9.17, 15) is 4.79 Å². The predicted molar refractivity (Wildman–Crippen MR) is 133 cm³/mol. The van der Waals surface area contributed by atoms with Gasteiger partial charge in [-0.2, -0.15) is 5.10 Å². The number of hydrogen-bond donors (Lipinski definition) is 2. The summed E-state index contributed by atoms with van der Waals surface area (Å²) in [4.78, 5) is 21.2. The average Bonchev–Trinajstić information content (AvgIpc) is 3.46. The second-order valence-corrected chi connectivity index (χ2v) is 8.37. The molecule has 5 rings (SSSR count). The quantitative estimate of drug-likeness (QED) is 0.384. The van der Waals surface area contributed by atoms with Gasteiger partial charge in [0.15, 0.2) is 0 Å². The van der Waals surface area contributed by atoms with Gasteiger partial charge in [-0.3, -0.25) is 19.4 Å². The van der Waals surface area contributed by atoms with E-state index in [4.69, 9.17) is 0 Å². The first-order valence-corrected chi connectivity index (χ1v) is 11.0. The van der Waals surface area contributed by atoms with Crippen LogP contribution in [0.5, 0.6) is 0 Å². The van der Waals surface area contributed by atoms with E-state index in [2.05, 4.69) is 43.3 Å². The van der Waals surface area contributed by atoms with Crippen LogP contribution in [-0.2, 0) is 7.05 Å². The molecule has 0 aliphatic rings. The highest BCUT2D eigenvalue weighted by Gasteiger charge is 2.13. The number of fused-ring (bicyclic) bond motifs is 1. The number of aromatic nitrogens is 5. The molecule has 4 aromatic heterocycles. The lowest BCUT2D eigenvalue weighted by Crippen LogP contribution is -2.13. The Bertz CT molecular complexity index is 1480. The van der Waals surface area contributed by atoms with E-state index in [0.29, 0.717) is 5.56 Å². The Kier molecular flexibility index (Phi) is 5.55. The van der Waals surface area contributed by atoms with Crippen LogP contribution in [0.3, 0.4) is 0 Å². The van der Waals surface area contributed by atoms with Gasteiger partial charge in [-0.25, -0.2) is 0 Å². The number of rotatable bonds is 6. The fourth-order valence-electron chi connectivity index (χ4n) is 4.01. The van der Waals surface area contributed by atoms with Crippen LogP contribution >= 0.6 is 0 Å². The van der Waals surface area contributed by atoms with Crippen molar-refractivity contribution >= 4 is 28.2 Å². The molecular weight excluding hydrogens is 426 g/mol. The number of pyridine rings is 2. The van der Waals surface area contributed by atoms with Crippen molar-refractivity contribution < 1.29 is 4.79 Å². The molecule has 0 saturated carbocycles. The summed E-state index contributed by atoms with van der Waals surface area (Å²) in [5.41, 5.74) is 6.18. The summed E-state index contributed by atoms with van der Waals surface area (Å²) in [6.45, 7) is 4.00. The van der Waals surface area contributed by atoms with Crippen molar-refractivity contribution in [3.05, 3.63) is 96.5 Å². The molecule has 0 bridgehead atoms. The molecule has 34 heavy (non-hydrogen) atoms. The smallest absolute Gasteiger partial charge is 0.257 e. The standard InChI is InChI=1S/C26H25N7O/c1-17-9-20(12-27-11-17)26(34)31-21-6-4-5-19(10-21)18(2)30-24-14-28-15-25-23(24)7-8-33(25)22-13-29-32(3)16-22/h4-16,18,30H,1-3H3,(H,31,34)/t18-/m0/s1. The van der Waals surface area contributed by atoms with E-state index < -0.39 is 0 Å². The van der Waals surface area contributed by atoms with Crippen molar-refractivity contribution in [3.63, 3.8) is 0 Å². The summed E-state index contributed by atoms with van der Waals surface area (Å²) in [6.07, 6.45) is 12.8. The first-order chi connectivity index (χ1) is 16.5. The molecule has 1 amide bonds. The summed E-state index contributed by atoms with van der Waals surface area (Å²) in [6, 6.07) is 11.7. The lowest BCUT2D eigenvalue weighted by atomic mass is 10.1. The fourth-order valence-corrected chi connectivity index (χ4v) is 4.01. The highest BCUT2D eigenvalue weighted by Crippen LogP contribution is 2.29. The lowest BCUT2D eigenvalue weighted by Gasteiger charge is -2.17. The molecule has 5 aromatic rings. The van der Waals surface area contributed by atoms with Crippen molar-refractivity contribution in [2.75, 3.05) is 10.6 Å². The van der Waals surface area contributed by atoms with E-state index in [1.165, 1.54) is 0 Å². The van der Waals surface area contributed by atoms with Crippen LogP contribution in [0.1, 0.15) is 34.5 Å². The molecule has 0 radical (unpaired) electrons. The average molecular weight is 452 g/mol. The number of anilines is 2. The zero-order chi connectivity index (χ0) is 23.7. The van der Waals surface area contributed by atoms with Gasteiger partial charge in [0.2, 0.25) is 0 Å².